The number of hydrogen-bond acceptors (Lipinski definition) is 3. The predicted octanol–water partition coefficient (Wildman–Crippen LogP) is 2.28. The first-order valence-electron chi connectivity index (χ1n) is 7.71. The maximum absolute atomic E-state index is 13.7. The van der Waals surface area contributed by atoms with Gasteiger partial charge in [0, 0.05) is 50.9 Å². The molecule has 0 aliphatic carbocycles. The molecule has 0 fully saturated rings. The quantitative estimate of drug-likeness (QED) is 0.848. The molecule has 0 atom stereocenters. The highest BCUT2D eigenvalue weighted by molar-refractivity contribution is 5.78. The standard InChI is InChI=1S/C18H20FN3O2/c1-14(23)22(13-16-4-2-3-5-17(16)19)11-8-18(24)21-12-15-6-9-20-10-7-15/h2-7,9-10H,8,11-13H2,1H3,(H,21,24). The molecule has 24 heavy (non-hydrogen) atoms. The fourth-order valence-electron chi connectivity index (χ4n) is 2.21. The second-order valence-electron chi connectivity index (χ2n) is 5.41. The number of benzene rings is 1. The Morgan fingerprint density at radius 3 is 2.54 bits per heavy atom. The normalized spacial score (nSPS) is 10.2. The molecule has 0 bridgehead atoms. The lowest BCUT2D eigenvalue weighted by molar-refractivity contribution is -0.130. The Morgan fingerprint density at radius 2 is 1.88 bits per heavy atom. The van der Waals surface area contributed by atoms with E-state index in [0.29, 0.717) is 12.1 Å². The maximum Gasteiger partial charge on any atom is 0.222 e. The number of nitrogens with one attached hydrogen (secondary N) is 1. The van der Waals surface area contributed by atoms with Crippen LogP contribution in [0, 0.1) is 5.82 Å². The van der Waals surface area contributed by atoms with E-state index in [2.05, 4.69) is 10.3 Å². The van der Waals surface area contributed by atoms with Crippen LogP contribution < -0.4 is 5.32 Å². The molecule has 0 radical (unpaired) electrons. The smallest absolute Gasteiger partial charge is 0.222 e. The molecular formula is C18H20FN3O2. The van der Waals surface area contributed by atoms with Crippen molar-refractivity contribution in [2.75, 3.05) is 6.54 Å². The van der Waals surface area contributed by atoms with Crippen molar-refractivity contribution >= 4 is 11.8 Å². The van der Waals surface area contributed by atoms with Gasteiger partial charge in [0.2, 0.25) is 11.8 Å². The van der Waals surface area contributed by atoms with E-state index >= 15 is 0 Å². The Kier molecular flexibility index (Phi) is 6.42. The molecule has 2 rings (SSSR count). The van der Waals surface area contributed by atoms with Crippen molar-refractivity contribution in [2.45, 2.75) is 26.4 Å². The number of carbonyl (C=O) groups is 2. The van der Waals surface area contributed by atoms with Gasteiger partial charge in [-0.25, -0.2) is 4.39 Å². The van der Waals surface area contributed by atoms with Crippen molar-refractivity contribution in [3.8, 4) is 0 Å². The second kappa shape index (κ2) is 8.76. The third kappa shape index (κ3) is 5.46. The first-order chi connectivity index (χ1) is 11.6. The van der Waals surface area contributed by atoms with E-state index in [1.54, 1.807) is 30.6 Å². The van der Waals surface area contributed by atoms with E-state index in [4.69, 9.17) is 0 Å². The SMILES string of the molecule is CC(=O)N(CCC(=O)NCc1ccncc1)Cc1ccccc1F. The molecule has 1 aromatic carbocycles. The fraction of sp³-hybridized carbons (Fsp3) is 0.278. The zero-order valence-corrected chi connectivity index (χ0v) is 13.5. The van der Waals surface area contributed by atoms with Crippen LogP contribution in [-0.4, -0.2) is 28.2 Å². The summed E-state index contributed by atoms with van der Waals surface area (Å²) in [5, 5.41) is 2.79. The molecule has 5 nitrogen and oxygen atoms in total. The topological polar surface area (TPSA) is 62.3 Å². The average Bonchev–Trinajstić information content (AvgIpc) is 2.59. The van der Waals surface area contributed by atoms with Gasteiger partial charge in [0.05, 0.1) is 0 Å². The van der Waals surface area contributed by atoms with Crippen LogP contribution in [0.4, 0.5) is 4.39 Å². The van der Waals surface area contributed by atoms with Gasteiger partial charge in [-0.2, -0.15) is 0 Å². The number of pyridine rings is 1. The first kappa shape index (κ1) is 17.6. The zero-order chi connectivity index (χ0) is 17.4. The molecule has 1 N–H and O–H groups in total. The van der Waals surface area contributed by atoms with Crippen LogP contribution >= 0.6 is 0 Å². The van der Waals surface area contributed by atoms with Crippen molar-refractivity contribution in [3.63, 3.8) is 0 Å². The minimum absolute atomic E-state index is 0.152. The zero-order valence-electron chi connectivity index (χ0n) is 13.5. The number of carbonyl (C=O) groups excluding carboxylic acids is 2. The van der Waals surface area contributed by atoms with Gasteiger partial charge < -0.3 is 10.2 Å². The summed E-state index contributed by atoms with van der Waals surface area (Å²) in [6.07, 6.45) is 3.49. The molecule has 6 heteroatoms. The van der Waals surface area contributed by atoms with Crippen LogP contribution in [0.3, 0.4) is 0 Å². The van der Waals surface area contributed by atoms with Crippen LogP contribution in [-0.2, 0) is 22.7 Å². The van der Waals surface area contributed by atoms with Gasteiger partial charge >= 0.3 is 0 Å². The Balaban J connectivity index is 1.84. The van der Waals surface area contributed by atoms with Crippen LogP contribution in [0.2, 0.25) is 0 Å². The lowest BCUT2D eigenvalue weighted by Crippen LogP contribution is -2.33. The predicted molar refractivity (Wildman–Crippen MR) is 88.2 cm³/mol. The van der Waals surface area contributed by atoms with Gasteiger partial charge in [0.25, 0.3) is 0 Å². The molecular weight excluding hydrogens is 309 g/mol. The van der Waals surface area contributed by atoms with Crippen molar-refractivity contribution < 1.29 is 14.0 Å². The molecule has 2 aromatic rings. The Bertz CT molecular complexity index is 692. The third-order valence-corrected chi connectivity index (χ3v) is 3.61. The maximum atomic E-state index is 13.7. The number of rotatable bonds is 7. The summed E-state index contributed by atoms with van der Waals surface area (Å²) in [6.45, 7) is 2.22. The van der Waals surface area contributed by atoms with Gasteiger partial charge in [-0.3, -0.25) is 14.6 Å². The van der Waals surface area contributed by atoms with E-state index in [9.17, 15) is 14.0 Å². The lowest BCUT2D eigenvalue weighted by atomic mass is 10.2. The largest absolute Gasteiger partial charge is 0.352 e. The van der Waals surface area contributed by atoms with Crippen LogP contribution in [0.1, 0.15) is 24.5 Å². The van der Waals surface area contributed by atoms with Crippen molar-refractivity contribution in [1.82, 2.24) is 15.2 Å². The van der Waals surface area contributed by atoms with Crippen molar-refractivity contribution in [2.24, 2.45) is 0 Å². The van der Waals surface area contributed by atoms with E-state index < -0.39 is 0 Å². The number of aromatic nitrogens is 1. The second-order valence-corrected chi connectivity index (χ2v) is 5.41. The summed E-state index contributed by atoms with van der Waals surface area (Å²) in [5.41, 5.74) is 1.39. The van der Waals surface area contributed by atoms with E-state index in [1.165, 1.54) is 17.9 Å². The molecule has 0 aliphatic rings. The molecule has 0 saturated heterocycles. The molecule has 0 aliphatic heterocycles. The summed E-state index contributed by atoms with van der Waals surface area (Å²) in [5.74, 6) is -0.710. The van der Waals surface area contributed by atoms with Crippen molar-refractivity contribution in [1.29, 1.82) is 0 Å². The minimum atomic E-state index is -0.356. The first-order valence-corrected chi connectivity index (χ1v) is 7.71. The summed E-state index contributed by atoms with van der Waals surface area (Å²) >= 11 is 0. The summed E-state index contributed by atoms with van der Waals surface area (Å²) < 4.78 is 13.7. The van der Waals surface area contributed by atoms with Gasteiger partial charge in [0.1, 0.15) is 5.82 Å². The van der Waals surface area contributed by atoms with Gasteiger partial charge in [-0.15, -0.1) is 0 Å². The highest BCUT2D eigenvalue weighted by Gasteiger charge is 2.13. The summed E-state index contributed by atoms with van der Waals surface area (Å²) in [6, 6.07) is 9.95. The highest BCUT2D eigenvalue weighted by atomic mass is 19.1. The Labute approximate surface area is 140 Å². The number of amides is 2. The Hall–Kier alpha value is -2.76. The molecule has 126 valence electrons. The van der Waals surface area contributed by atoms with Crippen molar-refractivity contribution in [3.05, 3.63) is 65.7 Å². The molecule has 0 saturated carbocycles. The molecule has 0 unspecified atom stereocenters. The fourth-order valence-corrected chi connectivity index (χ4v) is 2.21. The van der Waals surface area contributed by atoms with E-state index in [0.717, 1.165) is 5.56 Å². The van der Waals surface area contributed by atoms with E-state index in [-0.39, 0.29) is 37.1 Å². The van der Waals surface area contributed by atoms with Gasteiger partial charge in [0.15, 0.2) is 0 Å². The molecule has 1 aromatic heterocycles. The lowest BCUT2D eigenvalue weighted by Gasteiger charge is -2.21. The van der Waals surface area contributed by atoms with Gasteiger partial charge in [-0.05, 0) is 23.8 Å². The van der Waals surface area contributed by atoms with Crippen LogP contribution in [0.15, 0.2) is 48.8 Å². The summed E-state index contributed by atoms with van der Waals surface area (Å²) in [7, 11) is 0. The molecule has 2 amide bonds. The Morgan fingerprint density at radius 1 is 1.17 bits per heavy atom. The average molecular weight is 329 g/mol. The molecule has 0 spiro atoms. The van der Waals surface area contributed by atoms with Gasteiger partial charge in [-0.1, -0.05) is 18.2 Å². The monoisotopic (exact) mass is 329 g/mol. The highest BCUT2D eigenvalue weighted by Crippen LogP contribution is 2.10. The van der Waals surface area contributed by atoms with Crippen LogP contribution in [0.5, 0.6) is 0 Å². The molecule has 1 heterocycles. The summed E-state index contributed by atoms with van der Waals surface area (Å²) in [4.78, 5) is 29.0. The van der Waals surface area contributed by atoms with E-state index in [1.807, 2.05) is 12.1 Å². The number of nitrogens with zero attached hydrogens (tertiary/aromatic N) is 2. The minimum Gasteiger partial charge on any atom is -0.352 e. The third-order valence-electron chi connectivity index (χ3n) is 3.61. The number of hydrogen-bond donors (Lipinski definition) is 1. The number of halogens is 1. The van der Waals surface area contributed by atoms with Crippen LogP contribution in [0.25, 0.3) is 0 Å².